The van der Waals surface area contributed by atoms with E-state index in [1.54, 1.807) is 29.2 Å². The molecular formula is C21H18ClN7OS. The van der Waals surface area contributed by atoms with E-state index in [0.29, 0.717) is 27.6 Å². The van der Waals surface area contributed by atoms with E-state index in [0.717, 1.165) is 29.6 Å². The monoisotopic (exact) mass is 451 g/mol. The first-order chi connectivity index (χ1) is 15.2. The predicted molar refractivity (Wildman–Crippen MR) is 122 cm³/mol. The molecule has 0 unspecified atom stereocenters. The summed E-state index contributed by atoms with van der Waals surface area (Å²) in [6.07, 6.45) is 5.29. The molecule has 10 heteroatoms. The van der Waals surface area contributed by atoms with Gasteiger partial charge in [-0.2, -0.15) is 5.10 Å². The van der Waals surface area contributed by atoms with Gasteiger partial charge >= 0.3 is 0 Å². The second-order valence-electron chi connectivity index (χ2n) is 7.13. The number of hydrogen-bond acceptors (Lipinski definition) is 7. The van der Waals surface area contributed by atoms with Gasteiger partial charge in [0, 0.05) is 16.5 Å². The zero-order valence-corrected chi connectivity index (χ0v) is 17.9. The summed E-state index contributed by atoms with van der Waals surface area (Å²) in [4.78, 5) is 25.9. The van der Waals surface area contributed by atoms with Crippen molar-refractivity contribution in [3.8, 4) is 5.69 Å². The smallest absolute Gasteiger partial charge is 0.234 e. The maximum Gasteiger partial charge on any atom is 0.234 e. The number of halogens is 1. The standard InChI is InChI=1S/C21H18ClN7OS/c22-13-5-8-18(29-12-23-11-24-29)17(9-13)26-19(30)10-31-21-27-16-4-2-1-3-15(16)20(28-21)25-14-6-7-14/h1-5,8-9,11-12,14H,6-7,10H2,(H,26,30)(H,25,27,28). The highest BCUT2D eigenvalue weighted by molar-refractivity contribution is 7.99. The van der Waals surface area contributed by atoms with E-state index in [1.165, 1.54) is 18.1 Å². The number of benzene rings is 2. The minimum absolute atomic E-state index is 0.157. The van der Waals surface area contributed by atoms with Crippen molar-refractivity contribution in [2.45, 2.75) is 24.0 Å². The van der Waals surface area contributed by atoms with Gasteiger partial charge in [-0.25, -0.2) is 19.6 Å². The maximum absolute atomic E-state index is 12.7. The maximum atomic E-state index is 12.7. The number of rotatable bonds is 7. The molecule has 0 saturated heterocycles. The average Bonchev–Trinajstić information content (AvgIpc) is 3.42. The van der Waals surface area contributed by atoms with Gasteiger partial charge in [0.15, 0.2) is 5.16 Å². The van der Waals surface area contributed by atoms with Crippen LogP contribution in [0.3, 0.4) is 0 Å². The van der Waals surface area contributed by atoms with Gasteiger partial charge in [0.1, 0.15) is 18.5 Å². The van der Waals surface area contributed by atoms with Crippen molar-refractivity contribution >= 4 is 51.7 Å². The molecule has 31 heavy (non-hydrogen) atoms. The molecule has 156 valence electrons. The van der Waals surface area contributed by atoms with Crippen LogP contribution in [0, 0.1) is 0 Å². The third kappa shape index (κ3) is 4.62. The van der Waals surface area contributed by atoms with Crippen molar-refractivity contribution in [3.05, 3.63) is 60.1 Å². The molecule has 0 aliphatic heterocycles. The molecule has 0 radical (unpaired) electrons. The molecule has 1 aliphatic carbocycles. The van der Waals surface area contributed by atoms with E-state index in [-0.39, 0.29) is 11.7 Å². The second kappa shape index (κ2) is 8.52. The number of fused-ring (bicyclic) bond motifs is 1. The lowest BCUT2D eigenvalue weighted by Gasteiger charge is -2.12. The van der Waals surface area contributed by atoms with E-state index >= 15 is 0 Å². The summed E-state index contributed by atoms with van der Waals surface area (Å²) < 4.78 is 1.57. The lowest BCUT2D eigenvalue weighted by Crippen LogP contribution is -2.16. The van der Waals surface area contributed by atoms with E-state index in [4.69, 9.17) is 11.6 Å². The molecule has 1 saturated carbocycles. The van der Waals surface area contributed by atoms with Crippen LogP contribution in [0.25, 0.3) is 16.6 Å². The largest absolute Gasteiger partial charge is 0.367 e. The summed E-state index contributed by atoms with van der Waals surface area (Å²) in [5, 5.41) is 12.5. The first kappa shape index (κ1) is 19.8. The number of nitrogens with zero attached hydrogens (tertiary/aromatic N) is 5. The lowest BCUT2D eigenvalue weighted by atomic mass is 10.2. The predicted octanol–water partition coefficient (Wildman–Crippen LogP) is 4.17. The van der Waals surface area contributed by atoms with Gasteiger partial charge in [0.05, 0.1) is 22.6 Å². The zero-order valence-electron chi connectivity index (χ0n) is 16.3. The highest BCUT2D eigenvalue weighted by Crippen LogP contribution is 2.30. The topological polar surface area (TPSA) is 97.6 Å². The van der Waals surface area contributed by atoms with E-state index in [2.05, 4.69) is 30.7 Å². The van der Waals surface area contributed by atoms with Crippen molar-refractivity contribution in [1.82, 2.24) is 24.7 Å². The summed E-state index contributed by atoms with van der Waals surface area (Å²) in [6, 6.07) is 13.6. The van der Waals surface area contributed by atoms with Gasteiger partial charge in [-0.15, -0.1) is 0 Å². The fourth-order valence-electron chi connectivity index (χ4n) is 3.11. The van der Waals surface area contributed by atoms with Gasteiger partial charge in [0.25, 0.3) is 0 Å². The quantitative estimate of drug-likeness (QED) is 0.321. The van der Waals surface area contributed by atoms with Crippen LogP contribution in [-0.4, -0.2) is 42.4 Å². The Balaban J connectivity index is 1.32. The first-order valence-electron chi connectivity index (χ1n) is 9.76. The van der Waals surface area contributed by atoms with Crippen molar-refractivity contribution in [2.24, 2.45) is 0 Å². The van der Waals surface area contributed by atoms with Gasteiger partial charge in [-0.05, 0) is 43.2 Å². The van der Waals surface area contributed by atoms with Crippen LogP contribution in [-0.2, 0) is 4.79 Å². The van der Waals surface area contributed by atoms with Crippen LogP contribution >= 0.6 is 23.4 Å². The van der Waals surface area contributed by atoms with Gasteiger partial charge in [-0.1, -0.05) is 35.5 Å². The Morgan fingerprint density at radius 1 is 1.19 bits per heavy atom. The molecule has 2 N–H and O–H groups in total. The number of para-hydroxylation sites is 1. The van der Waals surface area contributed by atoms with Crippen LogP contribution in [0.2, 0.25) is 5.02 Å². The zero-order chi connectivity index (χ0) is 21.2. The van der Waals surface area contributed by atoms with Crippen LogP contribution in [0.15, 0.2) is 60.3 Å². The van der Waals surface area contributed by atoms with Crippen LogP contribution in [0.5, 0.6) is 0 Å². The van der Waals surface area contributed by atoms with E-state index in [1.807, 2.05) is 24.3 Å². The Morgan fingerprint density at radius 3 is 2.87 bits per heavy atom. The Hall–Kier alpha value is -3.17. The van der Waals surface area contributed by atoms with Gasteiger partial charge in [-0.3, -0.25) is 4.79 Å². The molecule has 1 aliphatic rings. The summed E-state index contributed by atoms with van der Waals surface area (Å²) in [5.41, 5.74) is 2.09. The molecule has 0 atom stereocenters. The summed E-state index contributed by atoms with van der Waals surface area (Å²) in [7, 11) is 0. The van der Waals surface area contributed by atoms with Crippen LogP contribution in [0.1, 0.15) is 12.8 Å². The number of nitrogens with one attached hydrogen (secondary N) is 2. The number of carbonyl (C=O) groups excluding carboxylic acids is 1. The molecule has 5 rings (SSSR count). The SMILES string of the molecule is O=C(CSc1nc(NC2CC2)c2ccccc2n1)Nc1cc(Cl)ccc1-n1cncn1. The number of carbonyl (C=O) groups is 1. The Labute approximate surface area is 187 Å². The molecular weight excluding hydrogens is 434 g/mol. The summed E-state index contributed by atoms with van der Waals surface area (Å²) in [5.74, 6) is 0.784. The summed E-state index contributed by atoms with van der Waals surface area (Å²) >= 11 is 7.42. The minimum atomic E-state index is -0.193. The van der Waals surface area contributed by atoms with Crippen LogP contribution < -0.4 is 10.6 Å². The molecule has 8 nitrogen and oxygen atoms in total. The molecule has 2 aromatic carbocycles. The molecule has 0 bridgehead atoms. The number of thioether (sulfide) groups is 1. The molecule has 1 fully saturated rings. The number of amides is 1. The second-order valence-corrected chi connectivity index (χ2v) is 8.51. The van der Waals surface area contributed by atoms with E-state index < -0.39 is 0 Å². The normalized spacial score (nSPS) is 13.3. The number of hydrogen-bond donors (Lipinski definition) is 2. The Kier molecular flexibility index (Phi) is 5.44. The van der Waals surface area contributed by atoms with Crippen molar-refractivity contribution in [2.75, 3.05) is 16.4 Å². The highest BCUT2D eigenvalue weighted by Gasteiger charge is 2.23. The Bertz CT molecular complexity index is 1240. The summed E-state index contributed by atoms with van der Waals surface area (Å²) in [6.45, 7) is 0. The number of anilines is 2. The third-order valence-electron chi connectivity index (χ3n) is 4.73. The highest BCUT2D eigenvalue weighted by atomic mass is 35.5. The molecule has 2 aromatic heterocycles. The first-order valence-corrected chi connectivity index (χ1v) is 11.1. The lowest BCUT2D eigenvalue weighted by molar-refractivity contribution is -0.113. The fraction of sp³-hybridized carbons (Fsp3) is 0.190. The molecule has 4 aromatic rings. The van der Waals surface area contributed by atoms with Crippen molar-refractivity contribution < 1.29 is 4.79 Å². The number of aromatic nitrogens is 5. The van der Waals surface area contributed by atoms with Crippen molar-refractivity contribution in [3.63, 3.8) is 0 Å². The average molecular weight is 452 g/mol. The third-order valence-corrected chi connectivity index (χ3v) is 5.81. The molecule has 0 spiro atoms. The Morgan fingerprint density at radius 2 is 2.06 bits per heavy atom. The molecule has 1 amide bonds. The van der Waals surface area contributed by atoms with Gasteiger partial charge in [0.2, 0.25) is 5.91 Å². The van der Waals surface area contributed by atoms with Crippen LogP contribution in [0.4, 0.5) is 11.5 Å². The minimum Gasteiger partial charge on any atom is -0.367 e. The van der Waals surface area contributed by atoms with Gasteiger partial charge < -0.3 is 10.6 Å². The van der Waals surface area contributed by atoms with E-state index in [9.17, 15) is 4.79 Å². The fourth-order valence-corrected chi connectivity index (χ4v) is 3.93. The van der Waals surface area contributed by atoms with Crippen molar-refractivity contribution in [1.29, 1.82) is 0 Å². The molecule has 2 heterocycles.